The summed E-state index contributed by atoms with van der Waals surface area (Å²) >= 11 is 0. The molecule has 6 heteroatoms. The second-order valence-corrected chi connectivity index (χ2v) is 9.16. The monoisotopic (exact) mass is 374 g/mol. The molecule has 0 aromatic carbocycles. The Morgan fingerprint density at radius 1 is 1.23 bits per heavy atom. The summed E-state index contributed by atoms with van der Waals surface area (Å²) in [6, 6.07) is 0.0402. The van der Waals surface area contributed by atoms with Gasteiger partial charge in [-0.25, -0.2) is 0 Å². The van der Waals surface area contributed by atoms with E-state index in [0.29, 0.717) is 11.8 Å². The van der Waals surface area contributed by atoms with Crippen molar-refractivity contribution in [1.29, 1.82) is 0 Å². The summed E-state index contributed by atoms with van der Waals surface area (Å²) < 4.78 is 46.8. The van der Waals surface area contributed by atoms with Crippen molar-refractivity contribution in [2.24, 2.45) is 17.3 Å². The summed E-state index contributed by atoms with van der Waals surface area (Å²) in [4.78, 5) is 4.09. The lowest BCUT2D eigenvalue weighted by molar-refractivity contribution is -0.145. The van der Waals surface area contributed by atoms with E-state index < -0.39 is 18.0 Å². The number of hydrogen-bond donors (Lipinski definition) is 0. The molecular weight excluding hydrogens is 341 g/mol. The van der Waals surface area contributed by atoms with Gasteiger partial charge in [-0.05, 0) is 49.4 Å². The Kier molecular flexibility index (Phi) is 6.49. The molecule has 0 aromatic rings. The van der Waals surface area contributed by atoms with Gasteiger partial charge in [0.05, 0.1) is 12.2 Å². The number of hydrogen-bond acceptors (Lipinski definition) is 3. The van der Waals surface area contributed by atoms with E-state index in [1.54, 1.807) is 6.20 Å². The summed E-state index contributed by atoms with van der Waals surface area (Å²) in [5.41, 5.74) is -0.806. The largest absolute Gasteiger partial charge is 0.416 e. The first-order valence-corrected chi connectivity index (χ1v) is 9.43. The fraction of sp³-hybridized carbons (Fsp3) is 0.800. The van der Waals surface area contributed by atoms with Gasteiger partial charge in [0.25, 0.3) is 0 Å². The predicted molar refractivity (Wildman–Crippen MR) is 98.5 cm³/mol. The first-order valence-electron chi connectivity index (χ1n) is 9.43. The van der Waals surface area contributed by atoms with Crippen LogP contribution in [0.5, 0.6) is 0 Å². The second kappa shape index (κ2) is 7.93. The second-order valence-electron chi connectivity index (χ2n) is 9.16. The van der Waals surface area contributed by atoms with Crippen molar-refractivity contribution in [3.05, 3.63) is 23.9 Å². The van der Waals surface area contributed by atoms with Gasteiger partial charge < -0.3 is 14.5 Å². The number of nitrogens with zero attached hydrogens (tertiary/aromatic N) is 2. The van der Waals surface area contributed by atoms with Crippen molar-refractivity contribution in [2.45, 2.75) is 59.5 Å². The van der Waals surface area contributed by atoms with Crippen molar-refractivity contribution in [3.8, 4) is 0 Å². The van der Waals surface area contributed by atoms with Crippen LogP contribution < -0.4 is 0 Å². The van der Waals surface area contributed by atoms with Crippen molar-refractivity contribution < 1.29 is 17.9 Å². The van der Waals surface area contributed by atoms with Gasteiger partial charge in [0.1, 0.15) is 0 Å². The molecule has 3 nitrogen and oxygen atoms in total. The highest BCUT2D eigenvalue weighted by Crippen LogP contribution is 2.38. The molecule has 0 spiro atoms. The molecule has 2 rings (SSSR count). The van der Waals surface area contributed by atoms with Crippen molar-refractivity contribution >= 4 is 0 Å². The highest BCUT2D eigenvalue weighted by molar-refractivity contribution is 5.26. The maximum atomic E-state index is 13.7. The number of piperidine rings is 1. The van der Waals surface area contributed by atoms with Gasteiger partial charge in [0, 0.05) is 18.8 Å². The third-order valence-corrected chi connectivity index (χ3v) is 5.13. The molecule has 0 bridgehead atoms. The van der Waals surface area contributed by atoms with Crippen LogP contribution in [0, 0.1) is 17.3 Å². The van der Waals surface area contributed by atoms with E-state index in [0.717, 1.165) is 25.6 Å². The predicted octanol–water partition coefficient (Wildman–Crippen LogP) is 4.67. The first-order chi connectivity index (χ1) is 11.9. The van der Waals surface area contributed by atoms with Gasteiger partial charge in [-0.2, -0.15) is 13.2 Å². The fourth-order valence-electron chi connectivity index (χ4n) is 3.76. The van der Waals surface area contributed by atoms with Gasteiger partial charge in [-0.15, -0.1) is 0 Å². The number of likely N-dealkylation sites (tertiary alicyclic amines) is 1. The van der Waals surface area contributed by atoms with Crippen molar-refractivity contribution in [3.63, 3.8) is 0 Å². The van der Waals surface area contributed by atoms with E-state index in [9.17, 15) is 13.2 Å². The minimum atomic E-state index is -4.40. The highest BCUT2D eigenvalue weighted by atomic mass is 19.4. The molecule has 0 aromatic heterocycles. The van der Waals surface area contributed by atoms with Crippen LogP contribution >= 0.6 is 0 Å². The molecule has 2 aliphatic rings. The maximum absolute atomic E-state index is 13.7. The van der Waals surface area contributed by atoms with Crippen LogP contribution in [0.1, 0.15) is 41.0 Å². The molecule has 0 saturated carbocycles. The number of allylic oxidation sites excluding steroid dienone is 2. The summed E-state index contributed by atoms with van der Waals surface area (Å²) in [5, 5.41) is 0. The van der Waals surface area contributed by atoms with E-state index in [2.05, 4.69) is 25.8 Å². The number of rotatable bonds is 4. The third-order valence-electron chi connectivity index (χ3n) is 5.13. The zero-order valence-electron chi connectivity index (χ0n) is 16.8. The van der Waals surface area contributed by atoms with Crippen LogP contribution in [0.15, 0.2) is 23.9 Å². The molecule has 26 heavy (non-hydrogen) atoms. The Morgan fingerprint density at radius 3 is 2.42 bits per heavy atom. The Bertz CT molecular complexity index is 534. The van der Waals surface area contributed by atoms with Crippen LogP contribution in [0.3, 0.4) is 0 Å². The van der Waals surface area contributed by atoms with E-state index in [-0.39, 0.29) is 18.1 Å². The Hall–Kier alpha value is -1.01. The molecule has 0 aliphatic carbocycles. The number of ether oxygens (including phenoxy) is 1. The molecule has 0 N–H and O–H groups in total. The van der Waals surface area contributed by atoms with Crippen molar-refractivity contribution in [1.82, 2.24) is 9.80 Å². The van der Waals surface area contributed by atoms with Crippen LogP contribution in [-0.2, 0) is 4.74 Å². The molecule has 2 aliphatic heterocycles. The SMILES string of the molecule is CC(C)[C@@H]1CN(C)CC[C@H]1N1C=CC=C(C(F)(F)F)C1OCC(C)(C)C. The maximum Gasteiger partial charge on any atom is 0.416 e. The highest BCUT2D eigenvalue weighted by Gasteiger charge is 2.46. The average Bonchev–Trinajstić information content (AvgIpc) is 2.51. The summed E-state index contributed by atoms with van der Waals surface area (Å²) in [6.07, 6.45) is -0.185. The molecule has 0 radical (unpaired) electrons. The Labute approximate surface area is 155 Å². The minimum absolute atomic E-state index is 0.0402. The first kappa shape index (κ1) is 21.3. The topological polar surface area (TPSA) is 15.7 Å². The normalized spacial score (nSPS) is 28.6. The summed E-state index contributed by atoms with van der Waals surface area (Å²) in [7, 11) is 2.08. The van der Waals surface area contributed by atoms with Crippen LogP contribution in [-0.4, -0.2) is 55.0 Å². The molecule has 0 amide bonds. The standard InChI is InChI=1S/C20H33F3N2O/c1-14(2)15-12-24(6)11-9-17(15)25-10-7-8-16(20(21,22)23)18(25)26-13-19(3,4)5/h7-8,10,14-15,17-18H,9,11-13H2,1-6H3/t15-,17+,18?/m0/s1. The zero-order valence-corrected chi connectivity index (χ0v) is 16.8. The van der Waals surface area contributed by atoms with Crippen LogP contribution in [0.4, 0.5) is 13.2 Å². The molecule has 1 unspecified atom stereocenters. The Morgan fingerprint density at radius 2 is 1.88 bits per heavy atom. The van der Waals surface area contributed by atoms with Crippen LogP contribution in [0.25, 0.3) is 0 Å². The quantitative estimate of drug-likeness (QED) is 0.711. The zero-order chi connectivity index (χ0) is 19.7. The van der Waals surface area contributed by atoms with E-state index in [1.165, 1.54) is 6.08 Å². The van der Waals surface area contributed by atoms with E-state index in [4.69, 9.17) is 4.74 Å². The summed E-state index contributed by atoms with van der Waals surface area (Å²) in [5.74, 6) is 0.686. The number of alkyl halides is 3. The smallest absolute Gasteiger partial charge is 0.353 e. The molecular formula is C20H33F3N2O. The number of halogens is 3. The lowest BCUT2D eigenvalue weighted by Crippen LogP contribution is -2.55. The van der Waals surface area contributed by atoms with Gasteiger partial charge >= 0.3 is 6.18 Å². The van der Waals surface area contributed by atoms with Gasteiger partial charge in [-0.1, -0.05) is 34.6 Å². The molecule has 2 heterocycles. The summed E-state index contributed by atoms with van der Waals surface area (Å²) in [6.45, 7) is 12.3. The van der Waals surface area contributed by atoms with Gasteiger partial charge in [0.15, 0.2) is 6.23 Å². The van der Waals surface area contributed by atoms with Gasteiger partial charge in [0.2, 0.25) is 0 Å². The average molecular weight is 374 g/mol. The van der Waals surface area contributed by atoms with E-state index >= 15 is 0 Å². The molecule has 3 atom stereocenters. The molecule has 1 saturated heterocycles. The molecule has 150 valence electrons. The van der Waals surface area contributed by atoms with Crippen LogP contribution in [0.2, 0.25) is 0 Å². The van der Waals surface area contributed by atoms with Crippen molar-refractivity contribution in [2.75, 3.05) is 26.7 Å². The molecule has 1 fully saturated rings. The fourth-order valence-corrected chi connectivity index (χ4v) is 3.76. The van der Waals surface area contributed by atoms with Gasteiger partial charge in [-0.3, -0.25) is 0 Å². The lowest BCUT2D eigenvalue weighted by Gasteiger charge is -2.48. The van der Waals surface area contributed by atoms with E-state index in [1.807, 2.05) is 25.7 Å². The Balaban J connectivity index is 2.31. The lowest BCUT2D eigenvalue weighted by atomic mass is 9.82. The third kappa shape index (κ3) is 5.26. The minimum Gasteiger partial charge on any atom is -0.353 e.